The molecule has 1 aliphatic heterocycles. The SMILES string of the molecule is C[C@@]1(c2cccc(-c3cccnc3F)c2)CCN=C(N)S1. The number of aliphatic imine (C=N–C) groups is 1. The summed E-state index contributed by atoms with van der Waals surface area (Å²) in [4.78, 5) is 7.95. The second-order valence-electron chi connectivity index (χ2n) is 5.23. The fourth-order valence-corrected chi connectivity index (χ4v) is 3.57. The minimum atomic E-state index is -0.447. The minimum absolute atomic E-state index is 0.124. The molecule has 1 aromatic heterocycles. The lowest BCUT2D eigenvalue weighted by Crippen LogP contribution is -2.28. The Labute approximate surface area is 127 Å². The van der Waals surface area contributed by atoms with Crippen LogP contribution in [-0.4, -0.2) is 16.7 Å². The van der Waals surface area contributed by atoms with Gasteiger partial charge in [-0.3, -0.25) is 4.99 Å². The third kappa shape index (κ3) is 2.78. The van der Waals surface area contributed by atoms with Crippen LogP contribution in [0, 0.1) is 5.95 Å². The minimum Gasteiger partial charge on any atom is -0.379 e. The summed E-state index contributed by atoms with van der Waals surface area (Å²) in [5, 5.41) is 0.613. The molecule has 0 fully saturated rings. The number of thioether (sulfide) groups is 1. The van der Waals surface area contributed by atoms with Crippen molar-refractivity contribution in [3.8, 4) is 11.1 Å². The first-order valence-electron chi connectivity index (χ1n) is 6.79. The monoisotopic (exact) mass is 301 g/mol. The van der Waals surface area contributed by atoms with E-state index in [2.05, 4.69) is 23.0 Å². The van der Waals surface area contributed by atoms with Crippen LogP contribution in [0.3, 0.4) is 0 Å². The smallest absolute Gasteiger partial charge is 0.220 e. The van der Waals surface area contributed by atoms with E-state index in [1.807, 2.05) is 18.2 Å². The third-order valence-corrected chi connectivity index (χ3v) is 4.96. The number of nitrogens with two attached hydrogens (primary N) is 1. The van der Waals surface area contributed by atoms with E-state index in [9.17, 15) is 4.39 Å². The van der Waals surface area contributed by atoms with Crippen LogP contribution in [0.15, 0.2) is 47.6 Å². The highest BCUT2D eigenvalue weighted by Gasteiger charge is 2.31. The Kier molecular flexibility index (Phi) is 3.68. The highest BCUT2D eigenvalue weighted by molar-refractivity contribution is 8.14. The van der Waals surface area contributed by atoms with Gasteiger partial charge in [-0.15, -0.1) is 0 Å². The second-order valence-corrected chi connectivity index (χ2v) is 6.75. The Bertz CT molecular complexity index is 701. The molecule has 108 valence electrons. The second kappa shape index (κ2) is 5.48. The van der Waals surface area contributed by atoms with E-state index in [0.717, 1.165) is 24.1 Å². The van der Waals surface area contributed by atoms with Crippen molar-refractivity contribution in [1.29, 1.82) is 0 Å². The summed E-state index contributed by atoms with van der Waals surface area (Å²) in [6.45, 7) is 2.87. The lowest BCUT2D eigenvalue weighted by atomic mass is 9.93. The topological polar surface area (TPSA) is 51.3 Å². The molecule has 3 nitrogen and oxygen atoms in total. The number of amidine groups is 1. The van der Waals surface area contributed by atoms with Crippen molar-refractivity contribution in [3.63, 3.8) is 0 Å². The van der Waals surface area contributed by atoms with Gasteiger partial charge in [-0.25, -0.2) is 4.98 Å². The molecule has 0 saturated carbocycles. The van der Waals surface area contributed by atoms with Crippen LogP contribution < -0.4 is 5.73 Å². The van der Waals surface area contributed by atoms with Crippen LogP contribution in [0.5, 0.6) is 0 Å². The average Bonchev–Trinajstić information content (AvgIpc) is 2.48. The lowest BCUT2D eigenvalue weighted by Gasteiger charge is -2.31. The van der Waals surface area contributed by atoms with Gasteiger partial charge in [-0.05, 0) is 42.7 Å². The number of hydrogen-bond acceptors (Lipinski definition) is 4. The van der Waals surface area contributed by atoms with E-state index >= 15 is 0 Å². The van der Waals surface area contributed by atoms with Gasteiger partial charge in [0.15, 0.2) is 5.17 Å². The Balaban J connectivity index is 2.01. The first kappa shape index (κ1) is 14.1. The van der Waals surface area contributed by atoms with Gasteiger partial charge < -0.3 is 5.73 Å². The molecule has 2 aromatic rings. The van der Waals surface area contributed by atoms with Gasteiger partial charge >= 0.3 is 0 Å². The van der Waals surface area contributed by atoms with E-state index in [1.165, 1.54) is 6.20 Å². The van der Waals surface area contributed by atoms with Gasteiger partial charge in [0.05, 0.1) is 0 Å². The van der Waals surface area contributed by atoms with Crippen LogP contribution in [0.1, 0.15) is 18.9 Å². The van der Waals surface area contributed by atoms with Crippen molar-refractivity contribution in [2.75, 3.05) is 6.54 Å². The fourth-order valence-electron chi connectivity index (χ4n) is 2.51. The molecular weight excluding hydrogens is 285 g/mol. The van der Waals surface area contributed by atoms with Crippen molar-refractivity contribution in [3.05, 3.63) is 54.1 Å². The van der Waals surface area contributed by atoms with E-state index in [-0.39, 0.29) is 4.75 Å². The maximum absolute atomic E-state index is 13.9. The first-order valence-corrected chi connectivity index (χ1v) is 7.60. The quantitative estimate of drug-likeness (QED) is 0.863. The number of pyridine rings is 1. The molecule has 2 N–H and O–H groups in total. The molecule has 21 heavy (non-hydrogen) atoms. The van der Waals surface area contributed by atoms with Crippen molar-refractivity contribution in [2.24, 2.45) is 10.7 Å². The number of aromatic nitrogens is 1. The number of halogens is 1. The van der Waals surface area contributed by atoms with Crippen LogP contribution in [-0.2, 0) is 4.75 Å². The van der Waals surface area contributed by atoms with Crippen LogP contribution in [0.4, 0.5) is 4.39 Å². The molecule has 1 aliphatic rings. The number of rotatable bonds is 2. The summed E-state index contributed by atoms with van der Waals surface area (Å²) < 4.78 is 13.7. The highest BCUT2D eigenvalue weighted by atomic mass is 32.2. The van der Waals surface area contributed by atoms with E-state index in [0.29, 0.717) is 10.7 Å². The summed E-state index contributed by atoms with van der Waals surface area (Å²) in [7, 11) is 0. The zero-order chi connectivity index (χ0) is 14.9. The Morgan fingerprint density at radius 1 is 1.29 bits per heavy atom. The summed E-state index contributed by atoms with van der Waals surface area (Å²) in [5.41, 5.74) is 8.35. The lowest BCUT2D eigenvalue weighted by molar-refractivity contribution is 0.587. The summed E-state index contributed by atoms with van der Waals surface area (Å²) in [5.74, 6) is -0.447. The molecule has 0 bridgehead atoms. The summed E-state index contributed by atoms with van der Waals surface area (Å²) in [6, 6.07) is 11.4. The zero-order valence-electron chi connectivity index (χ0n) is 11.7. The molecule has 0 aliphatic carbocycles. The average molecular weight is 301 g/mol. The van der Waals surface area contributed by atoms with Gasteiger partial charge in [0.2, 0.25) is 5.95 Å². The maximum atomic E-state index is 13.9. The molecule has 3 rings (SSSR count). The van der Waals surface area contributed by atoms with Crippen molar-refractivity contribution < 1.29 is 4.39 Å². The van der Waals surface area contributed by atoms with Crippen molar-refractivity contribution >= 4 is 16.9 Å². The van der Waals surface area contributed by atoms with Gasteiger partial charge in [-0.2, -0.15) is 4.39 Å². The fraction of sp³-hybridized carbons (Fsp3) is 0.250. The van der Waals surface area contributed by atoms with E-state index in [4.69, 9.17) is 5.73 Å². The van der Waals surface area contributed by atoms with Gasteiger partial charge in [0.25, 0.3) is 0 Å². The molecule has 1 atom stereocenters. The molecule has 5 heteroatoms. The van der Waals surface area contributed by atoms with Crippen molar-refractivity contribution in [2.45, 2.75) is 18.1 Å². The molecule has 0 saturated heterocycles. The van der Waals surface area contributed by atoms with Crippen molar-refractivity contribution in [1.82, 2.24) is 4.98 Å². The van der Waals surface area contributed by atoms with Gasteiger partial charge in [0, 0.05) is 23.1 Å². The zero-order valence-corrected chi connectivity index (χ0v) is 12.5. The number of benzene rings is 1. The number of hydrogen-bond donors (Lipinski definition) is 1. The van der Waals surface area contributed by atoms with Crippen LogP contribution in [0.2, 0.25) is 0 Å². The van der Waals surface area contributed by atoms with Gasteiger partial charge in [-0.1, -0.05) is 30.0 Å². The Hall–Kier alpha value is -1.88. The van der Waals surface area contributed by atoms with E-state index < -0.39 is 5.95 Å². The first-order chi connectivity index (χ1) is 10.1. The maximum Gasteiger partial charge on any atom is 0.220 e. The molecule has 0 amide bonds. The molecule has 0 radical (unpaired) electrons. The predicted molar refractivity (Wildman–Crippen MR) is 85.7 cm³/mol. The molecule has 0 spiro atoms. The summed E-state index contributed by atoms with van der Waals surface area (Å²) >= 11 is 1.57. The molecule has 0 unspecified atom stereocenters. The van der Waals surface area contributed by atoms with Gasteiger partial charge in [0.1, 0.15) is 0 Å². The van der Waals surface area contributed by atoms with E-state index in [1.54, 1.807) is 23.9 Å². The molecule has 1 aromatic carbocycles. The number of nitrogens with zero attached hydrogens (tertiary/aromatic N) is 2. The highest BCUT2D eigenvalue weighted by Crippen LogP contribution is 2.42. The largest absolute Gasteiger partial charge is 0.379 e. The normalized spacial score (nSPS) is 21.9. The predicted octanol–water partition coefficient (Wildman–Crippen LogP) is 3.55. The Morgan fingerprint density at radius 3 is 2.90 bits per heavy atom. The molecule has 2 heterocycles. The van der Waals surface area contributed by atoms with Crippen LogP contribution >= 0.6 is 11.8 Å². The summed E-state index contributed by atoms with van der Waals surface area (Å²) in [6.07, 6.45) is 2.37. The standard InChI is InChI=1S/C16H16FN3S/c1-16(7-9-20-15(18)21-16)12-5-2-4-11(10-12)13-6-3-8-19-14(13)17/h2-6,8,10H,7,9H2,1H3,(H2,18,20)/t16-/m0/s1. The molecular formula is C16H16FN3S. The Morgan fingerprint density at radius 2 is 2.14 bits per heavy atom. The van der Waals surface area contributed by atoms with Crippen LogP contribution in [0.25, 0.3) is 11.1 Å². The third-order valence-electron chi connectivity index (χ3n) is 3.73.